The molecule has 1 saturated carbocycles. The molecular formula is C21H22FN3O3S. The topological polar surface area (TPSA) is 74.0 Å². The van der Waals surface area contributed by atoms with Gasteiger partial charge in [0.2, 0.25) is 0 Å². The van der Waals surface area contributed by atoms with E-state index in [4.69, 9.17) is 0 Å². The van der Waals surface area contributed by atoms with Crippen molar-refractivity contribution >= 4 is 9.84 Å². The first-order valence-corrected chi connectivity index (χ1v) is 11.3. The van der Waals surface area contributed by atoms with E-state index in [0.717, 1.165) is 6.42 Å². The molecule has 2 aromatic heterocycles. The smallest absolute Gasteiger partial charge is 0.250 e. The van der Waals surface area contributed by atoms with Gasteiger partial charge in [-0.05, 0) is 37.0 Å². The lowest BCUT2D eigenvalue weighted by Gasteiger charge is -2.07. The van der Waals surface area contributed by atoms with Gasteiger partial charge in [-0.1, -0.05) is 19.1 Å². The molecule has 0 atom stereocenters. The van der Waals surface area contributed by atoms with Gasteiger partial charge in [0.25, 0.3) is 5.56 Å². The molecule has 1 aliphatic carbocycles. The Labute approximate surface area is 168 Å². The summed E-state index contributed by atoms with van der Waals surface area (Å²) in [5.41, 5.74) is 2.01. The zero-order chi connectivity index (χ0) is 20.6. The van der Waals surface area contributed by atoms with Crippen molar-refractivity contribution in [3.8, 4) is 16.8 Å². The van der Waals surface area contributed by atoms with Gasteiger partial charge in [-0.25, -0.2) is 17.5 Å². The third-order valence-electron chi connectivity index (χ3n) is 5.02. The average Bonchev–Trinajstić information content (AvgIpc) is 3.43. The Morgan fingerprint density at radius 3 is 2.66 bits per heavy atom. The second-order valence-electron chi connectivity index (χ2n) is 7.41. The zero-order valence-electron chi connectivity index (χ0n) is 16.1. The van der Waals surface area contributed by atoms with Crippen LogP contribution in [0.2, 0.25) is 0 Å². The second-order valence-corrected chi connectivity index (χ2v) is 9.69. The van der Waals surface area contributed by atoms with E-state index in [1.165, 1.54) is 12.1 Å². The molecule has 6 nitrogen and oxygen atoms in total. The summed E-state index contributed by atoms with van der Waals surface area (Å²) in [6, 6.07) is 7.69. The first-order valence-electron chi connectivity index (χ1n) is 9.63. The van der Waals surface area contributed by atoms with Crippen molar-refractivity contribution in [1.29, 1.82) is 0 Å². The number of hydrogen-bond donors (Lipinski definition) is 0. The molecule has 1 fully saturated rings. The maximum atomic E-state index is 14.7. The van der Waals surface area contributed by atoms with Crippen LogP contribution in [0.5, 0.6) is 0 Å². The van der Waals surface area contributed by atoms with Crippen LogP contribution in [-0.4, -0.2) is 28.0 Å². The normalized spacial score (nSPS) is 14.3. The van der Waals surface area contributed by atoms with Crippen LogP contribution < -0.4 is 5.56 Å². The Morgan fingerprint density at radius 1 is 1.17 bits per heavy atom. The van der Waals surface area contributed by atoms with Crippen LogP contribution in [0.15, 0.2) is 53.7 Å². The molecule has 0 amide bonds. The molecule has 0 unspecified atom stereocenters. The molecule has 3 aromatic rings. The Kier molecular flexibility index (Phi) is 5.12. The summed E-state index contributed by atoms with van der Waals surface area (Å²) in [7, 11) is -3.19. The molecule has 0 radical (unpaired) electrons. The molecule has 1 aliphatic rings. The maximum Gasteiger partial charge on any atom is 0.250 e. The van der Waals surface area contributed by atoms with Crippen molar-refractivity contribution < 1.29 is 12.8 Å². The largest absolute Gasteiger partial charge is 0.313 e. The SMILES string of the molecule is CCCn1cc(-n2cc(-c3ccc(CS(=O)(=O)C4CC4)cc3F)cn2)ccc1=O. The van der Waals surface area contributed by atoms with Crippen molar-refractivity contribution in [2.75, 3.05) is 0 Å². The van der Waals surface area contributed by atoms with Gasteiger partial charge < -0.3 is 4.57 Å². The number of pyridine rings is 1. The first kappa shape index (κ1) is 19.6. The summed E-state index contributed by atoms with van der Waals surface area (Å²) in [6.45, 7) is 2.61. The molecule has 0 spiro atoms. The number of benzene rings is 1. The predicted molar refractivity (Wildman–Crippen MR) is 109 cm³/mol. The van der Waals surface area contributed by atoms with Crippen LogP contribution in [0.3, 0.4) is 0 Å². The number of aromatic nitrogens is 3. The van der Waals surface area contributed by atoms with E-state index in [1.54, 1.807) is 46.0 Å². The first-order chi connectivity index (χ1) is 13.9. The molecule has 0 aliphatic heterocycles. The third-order valence-corrected chi connectivity index (χ3v) is 7.25. The lowest BCUT2D eigenvalue weighted by Crippen LogP contribution is -2.19. The molecule has 152 valence electrons. The van der Waals surface area contributed by atoms with Gasteiger partial charge in [0.1, 0.15) is 5.82 Å². The highest BCUT2D eigenvalue weighted by atomic mass is 32.2. The highest BCUT2D eigenvalue weighted by molar-refractivity contribution is 7.91. The van der Waals surface area contributed by atoms with Crippen LogP contribution in [0, 0.1) is 5.82 Å². The number of rotatable bonds is 7. The Morgan fingerprint density at radius 2 is 1.97 bits per heavy atom. The van der Waals surface area contributed by atoms with Crippen LogP contribution in [0.4, 0.5) is 4.39 Å². The standard InChI is InChI=1S/C21H22FN3O3S/c1-2-9-24-13-17(4-8-21(24)26)25-12-16(11-23-25)19-7-3-15(10-20(19)22)14-29(27,28)18-5-6-18/h3-4,7-8,10-13,18H,2,5-6,9,14H2,1H3. The average molecular weight is 415 g/mol. The van der Waals surface area contributed by atoms with Crippen LogP contribution in [0.1, 0.15) is 31.7 Å². The molecule has 0 saturated heterocycles. The molecule has 2 heterocycles. The van der Waals surface area contributed by atoms with Gasteiger partial charge in [0, 0.05) is 36.1 Å². The van der Waals surface area contributed by atoms with Gasteiger partial charge in [-0.3, -0.25) is 4.79 Å². The fraction of sp³-hybridized carbons (Fsp3) is 0.333. The van der Waals surface area contributed by atoms with Crippen molar-refractivity contribution in [1.82, 2.24) is 14.3 Å². The zero-order valence-corrected chi connectivity index (χ0v) is 16.9. The fourth-order valence-electron chi connectivity index (χ4n) is 3.33. The summed E-state index contributed by atoms with van der Waals surface area (Å²) >= 11 is 0. The van der Waals surface area contributed by atoms with Crippen molar-refractivity contribution in [3.63, 3.8) is 0 Å². The minimum Gasteiger partial charge on any atom is -0.313 e. The predicted octanol–water partition coefficient (Wildman–Crippen LogP) is 3.33. The Bertz CT molecular complexity index is 1210. The van der Waals surface area contributed by atoms with Crippen molar-refractivity contribution in [2.45, 2.75) is 43.7 Å². The van der Waals surface area contributed by atoms with Gasteiger partial charge in [0.05, 0.1) is 22.9 Å². The Hall–Kier alpha value is -2.74. The Balaban J connectivity index is 1.59. The second kappa shape index (κ2) is 7.59. The minimum absolute atomic E-state index is 0.0780. The van der Waals surface area contributed by atoms with Crippen LogP contribution >= 0.6 is 0 Å². The number of halogens is 1. The van der Waals surface area contributed by atoms with Gasteiger partial charge >= 0.3 is 0 Å². The highest BCUT2D eigenvalue weighted by Crippen LogP contribution is 2.32. The number of nitrogens with zero attached hydrogens (tertiary/aromatic N) is 3. The van der Waals surface area contributed by atoms with Crippen molar-refractivity contribution in [3.05, 3.63) is 70.7 Å². The molecule has 29 heavy (non-hydrogen) atoms. The number of hydrogen-bond acceptors (Lipinski definition) is 4. The molecule has 8 heteroatoms. The quantitative estimate of drug-likeness (QED) is 0.593. The molecule has 4 rings (SSSR count). The van der Waals surface area contributed by atoms with Gasteiger partial charge in [0.15, 0.2) is 9.84 Å². The third kappa shape index (κ3) is 4.17. The van der Waals surface area contributed by atoms with E-state index < -0.39 is 15.7 Å². The van der Waals surface area contributed by atoms with Gasteiger partial charge in [-0.15, -0.1) is 0 Å². The lowest BCUT2D eigenvalue weighted by molar-refractivity contribution is 0.593. The summed E-state index contributed by atoms with van der Waals surface area (Å²) < 4.78 is 42.1. The minimum atomic E-state index is -3.19. The molecule has 0 bridgehead atoms. The molecular weight excluding hydrogens is 393 g/mol. The van der Waals surface area contributed by atoms with Crippen LogP contribution in [-0.2, 0) is 22.1 Å². The van der Waals surface area contributed by atoms with E-state index in [1.807, 2.05) is 6.92 Å². The number of aryl methyl sites for hydroxylation is 1. The molecule has 1 aromatic carbocycles. The van der Waals surface area contributed by atoms with E-state index in [-0.39, 0.29) is 16.6 Å². The fourth-order valence-corrected chi connectivity index (χ4v) is 5.07. The molecule has 0 N–H and O–H groups in total. The van der Waals surface area contributed by atoms with E-state index >= 15 is 0 Å². The van der Waals surface area contributed by atoms with Gasteiger partial charge in [-0.2, -0.15) is 5.10 Å². The van der Waals surface area contributed by atoms with E-state index in [2.05, 4.69) is 5.10 Å². The lowest BCUT2D eigenvalue weighted by atomic mass is 10.1. The van der Waals surface area contributed by atoms with E-state index in [0.29, 0.717) is 41.8 Å². The maximum absolute atomic E-state index is 14.7. The van der Waals surface area contributed by atoms with E-state index in [9.17, 15) is 17.6 Å². The van der Waals surface area contributed by atoms with Crippen molar-refractivity contribution in [2.24, 2.45) is 0 Å². The monoisotopic (exact) mass is 415 g/mol. The van der Waals surface area contributed by atoms with Crippen LogP contribution in [0.25, 0.3) is 16.8 Å². The summed E-state index contributed by atoms with van der Waals surface area (Å²) in [4.78, 5) is 11.9. The number of sulfone groups is 1. The summed E-state index contributed by atoms with van der Waals surface area (Å²) in [6.07, 6.45) is 7.21. The summed E-state index contributed by atoms with van der Waals surface area (Å²) in [5, 5.41) is 4.02. The summed E-state index contributed by atoms with van der Waals surface area (Å²) in [5.74, 6) is -0.614. The highest BCUT2D eigenvalue weighted by Gasteiger charge is 2.35.